The monoisotopic (exact) mass is 519 g/mol. The summed E-state index contributed by atoms with van der Waals surface area (Å²) in [6.07, 6.45) is -0.322. The van der Waals surface area contributed by atoms with Crippen molar-refractivity contribution < 1.29 is 33.3 Å². The summed E-state index contributed by atoms with van der Waals surface area (Å²) in [7, 11) is 0. The predicted molar refractivity (Wildman–Crippen MR) is 126 cm³/mol. The third-order valence-corrected chi connectivity index (χ3v) is 7.88. The maximum absolute atomic E-state index is 12.8. The Balaban J connectivity index is 1.15. The highest BCUT2D eigenvalue weighted by Crippen LogP contribution is 2.42. The van der Waals surface area contributed by atoms with E-state index in [1.165, 1.54) is 11.3 Å². The van der Waals surface area contributed by atoms with Gasteiger partial charge in [0.2, 0.25) is 5.91 Å². The molecule has 184 valence electrons. The number of benzene rings is 1. The first-order chi connectivity index (χ1) is 16.9. The zero-order valence-electron chi connectivity index (χ0n) is 18.5. The molecule has 3 amide bonds. The van der Waals surface area contributed by atoms with Crippen molar-refractivity contribution in [3.63, 3.8) is 0 Å². The van der Waals surface area contributed by atoms with Crippen LogP contribution >= 0.6 is 22.9 Å². The number of ether oxygens (including phenoxy) is 4. The Morgan fingerprint density at radius 2 is 2.03 bits per heavy atom. The quantitative estimate of drug-likeness (QED) is 0.662. The van der Waals surface area contributed by atoms with Crippen molar-refractivity contribution in [3.05, 3.63) is 39.5 Å². The molecule has 3 saturated heterocycles. The van der Waals surface area contributed by atoms with Gasteiger partial charge >= 0.3 is 6.09 Å². The molecule has 3 fully saturated rings. The average molecular weight is 520 g/mol. The Labute approximate surface area is 209 Å². The van der Waals surface area contributed by atoms with E-state index < -0.39 is 18.0 Å². The Morgan fingerprint density at radius 3 is 2.77 bits per heavy atom. The lowest BCUT2D eigenvalue weighted by Gasteiger charge is -2.37. The number of carbonyl (C=O) groups excluding carboxylic acids is 3. The number of anilines is 2. The maximum atomic E-state index is 12.8. The van der Waals surface area contributed by atoms with Gasteiger partial charge in [0.15, 0.2) is 5.79 Å². The van der Waals surface area contributed by atoms with Crippen LogP contribution in [0.15, 0.2) is 30.3 Å². The number of amides is 3. The second-order valence-corrected chi connectivity index (χ2v) is 10.4. The molecule has 2 aromatic rings. The molecule has 1 aromatic heterocycles. The lowest BCUT2D eigenvalue weighted by atomic mass is 10.0. The Kier molecular flexibility index (Phi) is 5.59. The predicted octanol–water partition coefficient (Wildman–Crippen LogP) is 2.79. The summed E-state index contributed by atoms with van der Waals surface area (Å²) in [5.41, 5.74) is 1.25. The van der Waals surface area contributed by atoms with E-state index in [0.717, 1.165) is 0 Å². The van der Waals surface area contributed by atoms with Gasteiger partial charge in [0.05, 0.1) is 41.1 Å². The number of piperidine rings is 1. The van der Waals surface area contributed by atoms with Crippen LogP contribution in [0.1, 0.15) is 22.5 Å². The van der Waals surface area contributed by atoms with Crippen molar-refractivity contribution >= 4 is 52.2 Å². The van der Waals surface area contributed by atoms with E-state index in [1.54, 1.807) is 40.1 Å². The highest BCUT2D eigenvalue weighted by Gasteiger charge is 2.47. The number of carbonyl (C=O) groups is 3. The summed E-state index contributed by atoms with van der Waals surface area (Å²) in [5.74, 6) is -0.671. The summed E-state index contributed by atoms with van der Waals surface area (Å²) in [5, 5.41) is 2.80. The number of nitrogens with one attached hydrogen (secondary N) is 1. The highest BCUT2D eigenvalue weighted by molar-refractivity contribution is 7.18. The minimum absolute atomic E-state index is 0.0878. The van der Waals surface area contributed by atoms with Crippen molar-refractivity contribution in [2.24, 2.45) is 0 Å². The summed E-state index contributed by atoms with van der Waals surface area (Å²) < 4.78 is 23.4. The smallest absolute Gasteiger partial charge is 0.415 e. The van der Waals surface area contributed by atoms with Gasteiger partial charge in [0.1, 0.15) is 24.5 Å². The van der Waals surface area contributed by atoms with E-state index in [9.17, 15) is 14.4 Å². The fourth-order valence-corrected chi connectivity index (χ4v) is 5.88. The van der Waals surface area contributed by atoms with Gasteiger partial charge in [-0.3, -0.25) is 14.5 Å². The SMILES string of the molecule is O=C(NCC1OC(=O)N2c3ccc(N4CCC5(CC4=O)OCCO5)cc3OCC12)c1ccc(Cl)s1. The van der Waals surface area contributed by atoms with E-state index in [1.807, 2.05) is 0 Å². The molecule has 5 heterocycles. The van der Waals surface area contributed by atoms with Crippen LogP contribution in [-0.4, -0.2) is 68.8 Å². The molecular formula is C23H22ClN3O7S. The van der Waals surface area contributed by atoms with Crippen molar-refractivity contribution in [1.82, 2.24) is 5.32 Å². The molecule has 6 rings (SSSR count). The minimum Gasteiger partial charge on any atom is -0.489 e. The fraction of sp³-hybridized carbons (Fsp3) is 0.435. The second kappa shape index (κ2) is 8.66. The third kappa shape index (κ3) is 4.02. The number of halogens is 1. The summed E-state index contributed by atoms with van der Waals surface area (Å²) in [6, 6.07) is 8.23. The first-order valence-electron chi connectivity index (χ1n) is 11.3. The molecule has 10 nitrogen and oxygen atoms in total. The first-order valence-corrected chi connectivity index (χ1v) is 12.5. The Hall–Kier alpha value is -2.86. The van der Waals surface area contributed by atoms with Crippen LogP contribution in [0, 0.1) is 0 Å². The molecule has 0 bridgehead atoms. The fourth-order valence-electron chi connectivity index (χ4n) is 4.92. The van der Waals surface area contributed by atoms with Gasteiger partial charge in [-0.05, 0) is 24.3 Å². The number of cyclic esters (lactones) is 1. The highest BCUT2D eigenvalue weighted by atomic mass is 35.5. The van der Waals surface area contributed by atoms with Gasteiger partial charge in [-0.15, -0.1) is 11.3 Å². The minimum atomic E-state index is -0.801. The molecule has 35 heavy (non-hydrogen) atoms. The largest absolute Gasteiger partial charge is 0.489 e. The van der Waals surface area contributed by atoms with Gasteiger partial charge in [-0.2, -0.15) is 0 Å². The average Bonchev–Trinajstić information content (AvgIpc) is 3.57. The second-order valence-electron chi connectivity index (χ2n) is 8.72. The van der Waals surface area contributed by atoms with Crippen molar-refractivity contribution in [2.45, 2.75) is 30.8 Å². The van der Waals surface area contributed by atoms with Crippen molar-refractivity contribution in [2.75, 3.05) is 42.7 Å². The van der Waals surface area contributed by atoms with Crippen LogP contribution in [0.25, 0.3) is 0 Å². The topological polar surface area (TPSA) is 107 Å². The van der Waals surface area contributed by atoms with E-state index in [4.69, 9.17) is 30.5 Å². The lowest BCUT2D eigenvalue weighted by molar-refractivity contribution is -0.177. The van der Waals surface area contributed by atoms with E-state index >= 15 is 0 Å². The van der Waals surface area contributed by atoms with Crippen LogP contribution in [0.4, 0.5) is 16.2 Å². The number of rotatable bonds is 4. The molecule has 0 radical (unpaired) electrons. The maximum Gasteiger partial charge on any atom is 0.415 e. The van der Waals surface area contributed by atoms with Crippen LogP contribution in [-0.2, 0) is 19.0 Å². The van der Waals surface area contributed by atoms with Crippen molar-refractivity contribution in [3.8, 4) is 5.75 Å². The zero-order valence-corrected chi connectivity index (χ0v) is 20.1. The van der Waals surface area contributed by atoms with E-state index in [0.29, 0.717) is 52.5 Å². The van der Waals surface area contributed by atoms with E-state index in [2.05, 4.69) is 5.32 Å². The Morgan fingerprint density at radius 1 is 1.20 bits per heavy atom. The third-order valence-electron chi connectivity index (χ3n) is 6.65. The molecule has 1 spiro atoms. The Bertz CT molecular complexity index is 1200. The van der Waals surface area contributed by atoms with Gasteiger partial charge < -0.3 is 29.2 Å². The van der Waals surface area contributed by atoms with E-state index in [-0.39, 0.29) is 37.4 Å². The number of nitrogens with zero attached hydrogens (tertiary/aromatic N) is 2. The van der Waals surface area contributed by atoms with Gasteiger partial charge in [-0.25, -0.2) is 4.79 Å². The molecule has 4 aliphatic rings. The van der Waals surface area contributed by atoms with Crippen LogP contribution in [0.5, 0.6) is 5.75 Å². The molecular weight excluding hydrogens is 498 g/mol. The molecule has 4 aliphatic heterocycles. The molecule has 2 unspecified atom stereocenters. The summed E-state index contributed by atoms with van der Waals surface area (Å²) in [4.78, 5) is 41.6. The van der Waals surface area contributed by atoms with Crippen LogP contribution in [0.2, 0.25) is 4.34 Å². The number of hydrogen-bond donors (Lipinski definition) is 1. The van der Waals surface area contributed by atoms with Gasteiger partial charge in [-0.1, -0.05) is 11.6 Å². The van der Waals surface area contributed by atoms with Crippen molar-refractivity contribution in [1.29, 1.82) is 0 Å². The van der Waals surface area contributed by atoms with Crippen LogP contribution in [0.3, 0.4) is 0 Å². The number of fused-ring (bicyclic) bond motifs is 3. The molecule has 1 aromatic carbocycles. The molecule has 0 saturated carbocycles. The first kappa shape index (κ1) is 22.6. The van der Waals surface area contributed by atoms with Crippen LogP contribution < -0.4 is 19.9 Å². The molecule has 1 N–H and O–H groups in total. The lowest BCUT2D eigenvalue weighted by Crippen LogP contribution is -2.49. The van der Waals surface area contributed by atoms with Gasteiger partial charge in [0.25, 0.3) is 5.91 Å². The number of thiophene rings is 1. The zero-order chi connectivity index (χ0) is 24.2. The summed E-state index contributed by atoms with van der Waals surface area (Å²) >= 11 is 7.08. The molecule has 12 heteroatoms. The molecule has 2 atom stereocenters. The number of hydrogen-bond acceptors (Lipinski definition) is 8. The van der Waals surface area contributed by atoms with Gasteiger partial charge in [0, 0.05) is 24.7 Å². The molecule has 0 aliphatic carbocycles. The normalized spacial score (nSPS) is 24.7. The standard InChI is InChI=1S/C23H22ClN3O7S/c24-19-4-3-18(35-19)21(29)25-11-17-15-12-31-16-9-13(1-2-14(16)27(15)22(30)34-17)26-6-5-23(10-20(26)28)32-7-8-33-23/h1-4,9,15,17H,5-8,10-12H2,(H,25,29). The summed E-state index contributed by atoms with van der Waals surface area (Å²) in [6.45, 7) is 1.81.